The Labute approximate surface area is 96.6 Å². The smallest absolute Gasteiger partial charge is 0.125 e. The van der Waals surface area contributed by atoms with Gasteiger partial charge in [0.1, 0.15) is 5.82 Å². The number of nitrogens with two attached hydrogens (primary N) is 1. The molecule has 0 heterocycles. The van der Waals surface area contributed by atoms with Gasteiger partial charge in [-0.15, -0.1) is 0 Å². The van der Waals surface area contributed by atoms with Crippen molar-refractivity contribution in [2.24, 2.45) is 5.41 Å². The summed E-state index contributed by atoms with van der Waals surface area (Å²) < 4.78 is 18.3. The van der Waals surface area contributed by atoms with E-state index in [0.717, 1.165) is 12.0 Å². The molecule has 1 rings (SSSR count). The molecule has 0 atom stereocenters. The summed E-state index contributed by atoms with van der Waals surface area (Å²) in [6, 6.07) is 4.39. The predicted octanol–water partition coefficient (Wildman–Crippen LogP) is 3.36. The lowest BCUT2D eigenvalue weighted by molar-refractivity contribution is 0.0965. The van der Waals surface area contributed by atoms with Gasteiger partial charge in [0, 0.05) is 17.9 Å². The van der Waals surface area contributed by atoms with Crippen molar-refractivity contribution in [3.8, 4) is 0 Å². The third-order valence-corrected chi connectivity index (χ3v) is 2.36. The summed E-state index contributed by atoms with van der Waals surface area (Å²) in [5, 5.41) is 0. The quantitative estimate of drug-likeness (QED) is 0.630. The Hall–Kier alpha value is -1.09. The average molecular weight is 225 g/mol. The molecule has 0 aliphatic carbocycles. The van der Waals surface area contributed by atoms with Gasteiger partial charge in [-0.1, -0.05) is 26.8 Å². The summed E-state index contributed by atoms with van der Waals surface area (Å²) in [7, 11) is 0. The van der Waals surface area contributed by atoms with Crippen molar-refractivity contribution >= 4 is 5.69 Å². The van der Waals surface area contributed by atoms with Gasteiger partial charge in [-0.25, -0.2) is 4.39 Å². The maximum atomic E-state index is 12.8. The van der Waals surface area contributed by atoms with Crippen LogP contribution < -0.4 is 5.73 Å². The Balaban J connectivity index is 2.38. The highest BCUT2D eigenvalue weighted by atomic mass is 19.1. The maximum absolute atomic E-state index is 12.8. The van der Waals surface area contributed by atoms with E-state index < -0.39 is 0 Å². The van der Waals surface area contributed by atoms with Gasteiger partial charge in [0.25, 0.3) is 0 Å². The van der Waals surface area contributed by atoms with Crippen molar-refractivity contribution in [3.05, 3.63) is 29.6 Å². The number of rotatable bonds is 4. The van der Waals surface area contributed by atoms with Crippen molar-refractivity contribution in [1.82, 2.24) is 0 Å². The van der Waals surface area contributed by atoms with Crippen molar-refractivity contribution in [3.63, 3.8) is 0 Å². The van der Waals surface area contributed by atoms with E-state index >= 15 is 0 Å². The molecule has 0 amide bonds. The SMILES string of the molecule is CC(C)(C)CCOCc1ccc(F)cc1N. The standard InChI is InChI=1S/C13H20FNO/c1-13(2,3)6-7-16-9-10-4-5-11(14)8-12(10)15/h4-5,8H,6-7,9,15H2,1-3H3. The Morgan fingerprint density at radius 3 is 2.56 bits per heavy atom. The molecule has 90 valence electrons. The van der Waals surface area contributed by atoms with Crippen LogP contribution in [0.15, 0.2) is 18.2 Å². The van der Waals surface area contributed by atoms with Crippen LogP contribution in [-0.2, 0) is 11.3 Å². The Kier molecular flexibility index (Phi) is 4.30. The molecule has 16 heavy (non-hydrogen) atoms. The molecule has 0 spiro atoms. The number of hydrogen-bond donors (Lipinski definition) is 1. The van der Waals surface area contributed by atoms with Crippen LogP contribution in [0.1, 0.15) is 32.8 Å². The van der Waals surface area contributed by atoms with Gasteiger partial charge in [-0.05, 0) is 24.0 Å². The minimum absolute atomic E-state index is 0.272. The van der Waals surface area contributed by atoms with Crippen LogP contribution in [0, 0.1) is 11.2 Å². The first-order chi connectivity index (χ1) is 7.38. The Morgan fingerprint density at radius 1 is 1.31 bits per heavy atom. The summed E-state index contributed by atoms with van der Waals surface area (Å²) in [6.07, 6.45) is 0.994. The first-order valence-electron chi connectivity index (χ1n) is 5.50. The lowest BCUT2D eigenvalue weighted by Crippen LogP contribution is -2.09. The van der Waals surface area contributed by atoms with Gasteiger partial charge in [0.05, 0.1) is 6.61 Å². The van der Waals surface area contributed by atoms with Crippen molar-refractivity contribution in [1.29, 1.82) is 0 Å². The molecule has 3 heteroatoms. The van der Waals surface area contributed by atoms with E-state index in [1.165, 1.54) is 12.1 Å². The minimum Gasteiger partial charge on any atom is -0.398 e. The van der Waals surface area contributed by atoms with Crippen molar-refractivity contribution in [2.75, 3.05) is 12.3 Å². The maximum Gasteiger partial charge on any atom is 0.125 e. The van der Waals surface area contributed by atoms with E-state index in [0.29, 0.717) is 18.9 Å². The summed E-state index contributed by atoms with van der Waals surface area (Å²) in [6.45, 7) is 7.65. The Bertz CT molecular complexity index is 344. The Morgan fingerprint density at radius 2 is 2.00 bits per heavy atom. The van der Waals surface area contributed by atoms with Crippen LogP contribution in [0.5, 0.6) is 0 Å². The molecule has 0 aliphatic heterocycles. The number of benzene rings is 1. The van der Waals surface area contributed by atoms with E-state index in [2.05, 4.69) is 20.8 Å². The van der Waals surface area contributed by atoms with Gasteiger partial charge in [-0.2, -0.15) is 0 Å². The van der Waals surface area contributed by atoms with Gasteiger partial charge < -0.3 is 10.5 Å². The first-order valence-corrected chi connectivity index (χ1v) is 5.50. The van der Waals surface area contributed by atoms with E-state index in [1.807, 2.05) is 0 Å². The molecule has 2 nitrogen and oxygen atoms in total. The largest absolute Gasteiger partial charge is 0.398 e. The van der Waals surface area contributed by atoms with Crippen LogP contribution in [0.3, 0.4) is 0 Å². The molecule has 1 aromatic rings. The third-order valence-electron chi connectivity index (χ3n) is 2.36. The molecular formula is C13H20FNO. The average Bonchev–Trinajstić information content (AvgIpc) is 2.13. The zero-order valence-electron chi connectivity index (χ0n) is 10.2. The van der Waals surface area contributed by atoms with Gasteiger partial charge in [-0.3, -0.25) is 0 Å². The lowest BCUT2D eigenvalue weighted by Gasteiger charge is -2.17. The first kappa shape index (κ1) is 13.0. The van der Waals surface area contributed by atoms with Crippen molar-refractivity contribution in [2.45, 2.75) is 33.8 Å². The number of hydrogen-bond acceptors (Lipinski definition) is 2. The molecule has 0 saturated heterocycles. The molecule has 0 aromatic heterocycles. The predicted molar refractivity (Wildman–Crippen MR) is 64.5 cm³/mol. The molecule has 2 N–H and O–H groups in total. The summed E-state index contributed by atoms with van der Waals surface area (Å²) in [4.78, 5) is 0. The number of halogens is 1. The highest BCUT2D eigenvalue weighted by Crippen LogP contribution is 2.19. The second-order valence-corrected chi connectivity index (χ2v) is 5.21. The minimum atomic E-state index is -0.309. The number of ether oxygens (including phenoxy) is 1. The fourth-order valence-corrected chi connectivity index (χ4v) is 1.26. The lowest BCUT2D eigenvalue weighted by atomic mass is 9.93. The summed E-state index contributed by atoms with van der Waals surface area (Å²) in [5.41, 5.74) is 7.24. The second-order valence-electron chi connectivity index (χ2n) is 5.21. The van der Waals surface area contributed by atoms with E-state index in [9.17, 15) is 4.39 Å². The molecule has 0 saturated carbocycles. The second kappa shape index (κ2) is 5.30. The van der Waals surface area contributed by atoms with E-state index in [-0.39, 0.29) is 11.2 Å². The topological polar surface area (TPSA) is 35.2 Å². The van der Waals surface area contributed by atoms with Crippen molar-refractivity contribution < 1.29 is 9.13 Å². The molecular weight excluding hydrogens is 205 g/mol. The van der Waals surface area contributed by atoms with Crippen LogP contribution >= 0.6 is 0 Å². The molecule has 0 aliphatic rings. The zero-order valence-corrected chi connectivity index (χ0v) is 10.2. The summed E-state index contributed by atoms with van der Waals surface area (Å²) >= 11 is 0. The van der Waals surface area contributed by atoms with Crippen LogP contribution in [0.2, 0.25) is 0 Å². The normalized spacial score (nSPS) is 11.8. The van der Waals surface area contributed by atoms with Crippen LogP contribution in [0.4, 0.5) is 10.1 Å². The zero-order chi connectivity index (χ0) is 12.2. The van der Waals surface area contributed by atoms with Gasteiger partial charge in [0.2, 0.25) is 0 Å². The monoisotopic (exact) mass is 225 g/mol. The fraction of sp³-hybridized carbons (Fsp3) is 0.538. The van der Waals surface area contributed by atoms with Crippen LogP contribution in [0.25, 0.3) is 0 Å². The third kappa shape index (κ3) is 4.62. The fourth-order valence-electron chi connectivity index (χ4n) is 1.26. The molecule has 0 bridgehead atoms. The molecule has 0 fully saturated rings. The molecule has 0 radical (unpaired) electrons. The van der Waals surface area contributed by atoms with Gasteiger partial charge >= 0.3 is 0 Å². The summed E-state index contributed by atoms with van der Waals surface area (Å²) in [5.74, 6) is -0.309. The molecule has 0 unspecified atom stereocenters. The highest BCUT2D eigenvalue weighted by Gasteiger charge is 2.09. The number of nitrogen functional groups attached to an aromatic ring is 1. The highest BCUT2D eigenvalue weighted by molar-refractivity contribution is 5.46. The molecule has 1 aromatic carbocycles. The van der Waals surface area contributed by atoms with E-state index in [4.69, 9.17) is 10.5 Å². The number of anilines is 1. The van der Waals surface area contributed by atoms with Gasteiger partial charge in [0.15, 0.2) is 0 Å². The van der Waals surface area contributed by atoms with Crippen LogP contribution in [-0.4, -0.2) is 6.61 Å². The van der Waals surface area contributed by atoms with E-state index in [1.54, 1.807) is 6.07 Å².